The molecule has 2 saturated carbocycles. The Hall–Kier alpha value is -2.80. The van der Waals surface area contributed by atoms with Crippen LogP contribution in [0.1, 0.15) is 42.7 Å². The second-order valence-corrected chi connectivity index (χ2v) is 8.41. The molecule has 0 spiro atoms. The minimum atomic E-state index is -0.178. The number of aromatic amines is 2. The highest BCUT2D eigenvalue weighted by molar-refractivity contribution is 5.95. The van der Waals surface area contributed by atoms with E-state index in [1.807, 2.05) is 19.9 Å². The van der Waals surface area contributed by atoms with Crippen molar-refractivity contribution in [3.8, 4) is 11.1 Å². The molecule has 144 valence electrons. The van der Waals surface area contributed by atoms with Crippen LogP contribution in [0.5, 0.6) is 0 Å². The Morgan fingerprint density at radius 3 is 2.61 bits per heavy atom. The van der Waals surface area contributed by atoms with E-state index in [4.69, 9.17) is 4.52 Å². The van der Waals surface area contributed by atoms with Gasteiger partial charge < -0.3 is 19.9 Å². The molecule has 0 radical (unpaired) electrons. The van der Waals surface area contributed by atoms with Gasteiger partial charge in [0.25, 0.3) is 0 Å². The Balaban J connectivity index is 1.63. The van der Waals surface area contributed by atoms with Gasteiger partial charge in [-0.25, -0.2) is 10.2 Å². The predicted molar refractivity (Wildman–Crippen MR) is 106 cm³/mol. The number of nitrogens with zero attached hydrogens (tertiary/aromatic N) is 1. The lowest BCUT2D eigenvalue weighted by Gasteiger charge is -2.16. The molecule has 0 bridgehead atoms. The number of hydrogen-bond donors (Lipinski definition) is 4. The first-order valence-corrected chi connectivity index (χ1v) is 10.1. The molecule has 1 aromatic carbocycles. The molecule has 0 saturated heterocycles. The number of imidazole rings is 1. The fourth-order valence-electron chi connectivity index (χ4n) is 4.65. The third-order valence-corrected chi connectivity index (χ3v) is 6.28. The van der Waals surface area contributed by atoms with Gasteiger partial charge in [-0.15, -0.1) is 0 Å². The van der Waals surface area contributed by atoms with Crippen molar-refractivity contribution in [1.29, 1.82) is 0 Å². The summed E-state index contributed by atoms with van der Waals surface area (Å²) in [5, 5.41) is 4.12. The fourth-order valence-corrected chi connectivity index (χ4v) is 4.65. The molecule has 0 amide bonds. The summed E-state index contributed by atoms with van der Waals surface area (Å²) in [4.78, 5) is 18.1. The lowest BCUT2D eigenvalue weighted by atomic mass is 9.90. The molecule has 2 aliphatic carbocycles. The van der Waals surface area contributed by atoms with Crippen molar-refractivity contribution in [3.63, 3.8) is 0 Å². The van der Waals surface area contributed by atoms with Crippen LogP contribution in [0.4, 0.5) is 0 Å². The van der Waals surface area contributed by atoms with Gasteiger partial charge in [0.1, 0.15) is 5.76 Å². The van der Waals surface area contributed by atoms with E-state index in [2.05, 4.69) is 32.0 Å². The maximum Gasteiger partial charge on any atom is 0.323 e. The molecule has 3 aliphatic rings. The SMILES string of the molecule is Cc1noc(C)c1-c1cc(C2=C(C3CC3)NNC2C2CC2)c2[nH]c(=O)[nH]c2c1. The number of nitrogens with one attached hydrogen (secondary N) is 4. The molecule has 3 aromatic rings. The lowest BCUT2D eigenvalue weighted by molar-refractivity contribution is 0.393. The fraction of sp³-hybridized carbons (Fsp3) is 0.429. The Bertz CT molecular complexity index is 1170. The van der Waals surface area contributed by atoms with Crippen LogP contribution in [0.25, 0.3) is 27.7 Å². The average molecular weight is 377 g/mol. The van der Waals surface area contributed by atoms with Gasteiger partial charge in [-0.2, -0.15) is 0 Å². The van der Waals surface area contributed by atoms with Crippen LogP contribution in [0.2, 0.25) is 0 Å². The van der Waals surface area contributed by atoms with Gasteiger partial charge in [-0.1, -0.05) is 5.16 Å². The molecule has 2 aromatic heterocycles. The molecule has 4 N–H and O–H groups in total. The molecule has 1 atom stereocenters. The smallest absolute Gasteiger partial charge is 0.323 e. The van der Waals surface area contributed by atoms with Crippen LogP contribution in [-0.4, -0.2) is 21.2 Å². The summed E-state index contributed by atoms with van der Waals surface area (Å²) in [6, 6.07) is 4.50. The summed E-state index contributed by atoms with van der Waals surface area (Å²) < 4.78 is 5.40. The van der Waals surface area contributed by atoms with Crippen LogP contribution in [0.3, 0.4) is 0 Å². The van der Waals surface area contributed by atoms with E-state index in [-0.39, 0.29) is 11.7 Å². The Kier molecular flexibility index (Phi) is 3.24. The first-order chi connectivity index (χ1) is 13.6. The molecule has 3 heterocycles. The molecular formula is C21H23N5O2. The van der Waals surface area contributed by atoms with E-state index >= 15 is 0 Å². The third kappa shape index (κ3) is 2.39. The van der Waals surface area contributed by atoms with Gasteiger partial charge in [0.2, 0.25) is 0 Å². The molecule has 7 heteroatoms. The van der Waals surface area contributed by atoms with Crippen molar-refractivity contribution in [2.45, 2.75) is 45.6 Å². The number of fused-ring (bicyclic) bond motifs is 1. The standard InChI is InChI=1S/C21H23N5O2/c1-9-16(10(2)28-26-9)13-7-14(20-15(8-13)22-21(27)23-20)17-18(11-3-4-11)24-25-19(17)12-5-6-12/h7-8,11-12,18,24-25H,3-6H2,1-2H3,(H2,22,23,27). The summed E-state index contributed by atoms with van der Waals surface area (Å²) in [5.41, 5.74) is 15.1. The topological polar surface area (TPSA) is 98.7 Å². The summed E-state index contributed by atoms with van der Waals surface area (Å²) in [6.07, 6.45) is 4.94. The van der Waals surface area contributed by atoms with E-state index in [1.54, 1.807) is 0 Å². The Labute approximate surface area is 161 Å². The predicted octanol–water partition coefficient (Wildman–Crippen LogP) is 3.14. The van der Waals surface area contributed by atoms with E-state index in [1.165, 1.54) is 37.0 Å². The Morgan fingerprint density at radius 2 is 1.93 bits per heavy atom. The number of hydrogen-bond acceptors (Lipinski definition) is 5. The summed E-state index contributed by atoms with van der Waals surface area (Å²) in [7, 11) is 0. The highest BCUT2D eigenvalue weighted by Crippen LogP contribution is 2.48. The zero-order valence-corrected chi connectivity index (χ0v) is 16.0. The van der Waals surface area contributed by atoms with Gasteiger partial charge >= 0.3 is 5.69 Å². The van der Waals surface area contributed by atoms with Gasteiger partial charge in [-0.3, -0.25) is 0 Å². The maximum absolute atomic E-state index is 12.2. The van der Waals surface area contributed by atoms with Crippen LogP contribution >= 0.6 is 0 Å². The monoisotopic (exact) mass is 377 g/mol. The number of hydrazine groups is 1. The molecule has 1 aliphatic heterocycles. The second kappa shape index (κ2) is 5.61. The van der Waals surface area contributed by atoms with Gasteiger partial charge in [0, 0.05) is 28.3 Å². The molecule has 6 rings (SSSR count). The zero-order chi connectivity index (χ0) is 19.0. The van der Waals surface area contributed by atoms with Crippen molar-refractivity contribution in [3.05, 3.63) is 45.3 Å². The first kappa shape index (κ1) is 16.2. The third-order valence-electron chi connectivity index (χ3n) is 6.28. The summed E-state index contributed by atoms with van der Waals surface area (Å²) >= 11 is 0. The van der Waals surface area contributed by atoms with Crippen molar-refractivity contribution < 1.29 is 4.52 Å². The Morgan fingerprint density at radius 1 is 1.11 bits per heavy atom. The van der Waals surface area contributed by atoms with Crippen molar-refractivity contribution in [2.75, 3.05) is 0 Å². The molecule has 1 unspecified atom stereocenters. The van der Waals surface area contributed by atoms with E-state index < -0.39 is 0 Å². The quantitative estimate of drug-likeness (QED) is 0.560. The summed E-state index contributed by atoms with van der Waals surface area (Å²) in [5.74, 6) is 2.04. The molecule has 7 nitrogen and oxygen atoms in total. The highest BCUT2D eigenvalue weighted by atomic mass is 16.5. The minimum absolute atomic E-state index is 0.178. The maximum atomic E-state index is 12.2. The van der Waals surface area contributed by atoms with E-state index in [0.29, 0.717) is 11.8 Å². The highest BCUT2D eigenvalue weighted by Gasteiger charge is 2.43. The normalized spacial score (nSPS) is 22.3. The van der Waals surface area contributed by atoms with Crippen LogP contribution in [-0.2, 0) is 0 Å². The first-order valence-electron chi connectivity index (χ1n) is 10.1. The molecule has 2 fully saturated rings. The minimum Gasteiger partial charge on any atom is -0.361 e. The largest absolute Gasteiger partial charge is 0.361 e. The van der Waals surface area contributed by atoms with Crippen LogP contribution in [0.15, 0.2) is 27.1 Å². The number of benzene rings is 1. The number of aryl methyl sites for hydroxylation is 2. The molecule has 28 heavy (non-hydrogen) atoms. The average Bonchev–Trinajstić information content (AvgIpc) is 3.58. The number of H-pyrrole nitrogens is 2. The second-order valence-electron chi connectivity index (χ2n) is 8.41. The van der Waals surface area contributed by atoms with E-state index in [9.17, 15) is 4.79 Å². The van der Waals surface area contributed by atoms with Crippen molar-refractivity contribution >= 4 is 16.6 Å². The van der Waals surface area contributed by atoms with Crippen LogP contribution in [0, 0.1) is 25.7 Å². The lowest BCUT2D eigenvalue weighted by Crippen LogP contribution is -2.34. The molecular weight excluding hydrogens is 354 g/mol. The zero-order valence-electron chi connectivity index (χ0n) is 16.0. The van der Waals surface area contributed by atoms with E-state index in [0.717, 1.165) is 39.2 Å². The number of rotatable bonds is 4. The number of aromatic nitrogens is 3. The van der Waals surface area contributed by atoms with Crippen molar-refractivity contribution in [1.82, 2.24) is 26.0 Å². The van der Waals surface area contributed by atoms with Gasteiger partial charge in [-0.05, 0) is 63.1 Å². The van der Waals surface area contributed by atoms with Crippen LogP contribution < -0.4 is 16.5 Å². The summed E-state index contributed by atoms with van der Waals surface area (Å²) in [6.45, 7) is 3.88. The number of allylic oxidation sites excluding steroid dienone is 1. The van der Waals surface area contributed by atoms with Gasteiger partial charge in [0.05, 0.1) is 22.8 Å². The van der Waals surface area contributed by atoms with Gasteiger partial charge in [0.15, 0.2) is 0 Å². The van der Waals surface area contributed by atoms with Crippen molar-refractivity contribution in [2.24, 2.45) is 11.8 Å².